The summed E-state index contributed by atoms with van der Waals surface area (Å²) >= 11 is 2.16. The molecule has 106 valence electrons. The zero-order valence-electron chi connectivity index (χ0n) is 11.0. The third-order valence-corrected chi connectivity index (χ3v) is 3.41. The normalized spacial score (nSPS) is 10.3. The number of halogens is 1. The third-order valence-electron chi connectivity index (χ3n) is 2.52. The van der Waals surface area contributed by atoms with E-state index >= 15 is 0 Å². The van der Waals surface area contributed by atoms with Gasteiger partial charge >= 0.3 is 5.97 Å². The summed E-state index contributed by atoms with van der Waals surface area (Å²) in [5, 5.41) is 0. The van der Waals surface area contributed by atoms with Gasteiger partial charge in [-0.25, -0.2) is 4.79 Å². The number of carbonyl (C=O) groups excluding carboxylic acids is 1. The van der Waals surface area contributed by atoms with Crippen LogP contribution in [-0.2, 0) is 4.74 Å². The number of esters is 1. The molecule has 0 unspecified atom stereocenters. The van der Waals surface area contributed by atoms with Gasteiger partial charge in [-0.2, -0.15) is 4.98 Å². The van der Waals surface area contributed by atoms with E-state index < -0.39 is 5.97 Å². The van der Waals surface area contributed by atoms with Crippen molar-refractivity contribution in [2.75, 3.05) is 19.5 Å². The van der Waals surface area contributed by atoms with Crippen molar-refractivity contribution >= 4 is 34.4 Å². The van der Waals surface area contributed by atoms with Crippen LogP contribution in [0.3, 0.4) is 0 Å². The summed E-state index contributed by atoms with van der Waals surface area (Å²) in [6.07, 6.45) is 0. The second kappa shape index (κ2) is 6.12. The van der Waals surface area contributed by atoms with Crippen molar-refractivity contribution < 1.29 is 18.7 Å². The van der Waals surface area contributed by atoms with Gasteiger partial charge in [0, 0.05) is 5.56 Å². The number of hydrogen-bond acceptors (Lipinski definition) is 6. The number of nitrogens with zero attached hydrogens (tertiary/aromatic N) is 1. The molecule has 0 radical (unpaired) electrons. The third kappa shape index (κ3) is 2.87. The molecule has 2 N–H and O–H groups in total. The van der Waals surface area contributed by atoms with Crippen LogP contribution < -0.4 is 10.5 Å². The predicted molar refractivity (Wildman–Crippen MR) is 81.6 cm³/mol. The van der Waals surface area contributed by atoms with Crippen LogP contribution in [0.15, 0.2) is 22.6 Å². The molecule has 1 aromatic heterocycles. The number of hydrogen-bond donors (Lipinski definition) is 1. The van der Waals surface area contributed by atoms with E-state index in [1.54, 1.807) is 20.1 Å². The molecule has 2 aromatic rings. The summed E-state index contributed by atoms with van der Waals surface area (Å²) in [6, 6.07) is 5.44. The van der Waals surface area contributed by atoms with Crippen LogP contribution in [0, 0.1) is 3.57 Å². The lowest BCUT2D eigenvalue weighted by Crippen LogP contribution is -2.07. The summed E-state index contributed by atoms with van der Waals surface area (Å²) in [6.45, 7) is 1.96. The Morgan fingerprint density at radius 2 is 2.25 bits per heavy atom. The van der Waals surface area contributed by atoms with E-state index in [-0.39, 0.29) is 24.1 Å². The first-order valence-electron chi connectivity index (χ1n) is 5.84. The zero-order valence-corrected chi connectivity index (χ0v) is 13.1. The number of oxazole rings is 1. The van der Waals surface area contributed by atoms with Gasteiger partial charge in [0.05, 0.1) is 17.3 Å². The van der Waals surface area contributed by atoms with Crippen LogP contribution in [0.1, 0.15) is 17.4 Å². The van der Waals surface area contributed by atoms with Crippen molar-refractivity contribution in [2.45, 2.75) is 6.92 Å². The minimum atomic E-state index is -0.600. The Morgan fingerprint density at radius 3 is 2.90 bits per heavy atom. The number of aromatic nitrogens is 1. The molecule has 0 fully saturated rings. The van der Waals surface area contributed by atoms with Gasteiger partial charge in [0.1, 0.15) is 5.75 Å². The maximum Gasteiger partial charge on any atom is 0.362 e. The summed E-state index contributed by atoms with van der Waals surface area (Å²) in [5.41, 5.74) is 6.30. The number of methoxy groups -OCH3 is 1. The Morgan fingerprint density at radius 1 is 1.50 bits per heavy atom. The lowest BCUT2D eigenvalue weighted by Gasteiger charge is -2.03. The van der Waals surface area contributed by atoms with Gasteiger partial charge in [-0.15, -0.1) is 0 Å². The first-order valence-corrected chi connectivity index (χ1v) is 6.92. The smallest absolute Gasteiger partial charge is 0.362 e. The van der Waals surface area contributed by atoms with Gasteiger partial charge in [-0.05, 0) is 47.7 Å². The van der Waals surface area contributed by atoms with Gasteiger partial charge in [0.15, 0.2) is 0 Å². The van der Waals surface area contributed by atoms with Crippen molar-refractivity contribution in [2.24, 2.45) is 0 Å². The molecular formula is C13H13IN2O4. The van der Waals surface area contributed by atoms with E-state index in [1.807, 2.05) is 12.1 Å². The Balaban J connectivity index is 2.39. The lowest BCUT2D eigenvalue weighted by molar-refractivity contribution is 0.0521. The van der Waals surface area contributed by atoms with Crippen LogP contribution in [0.4, 0.5) is 5.88 Å². The van der Waals surface area contributed by atoms with Gasteiger partial charge in [0.25, 0.3) is 0 Å². The summed E-state index contributed by atoms with van der Waals surface area (Å²) in [4.78, 5) is 15.7. The fourth-order valence-electron chi connectivity index (χ4n) is 1.59. The molecule has 0 amide bonds. The molecule has 6 nitrogen and oxygen atoms in total. The van der Waals surface area contributed by atoms with E-state index in [2.05, 4.69) is 27.6 Å². The summed E-state index contributed by atoms with van der Waals surface area (Å²) in [7, 11) is 1.58. The molecule has 20 heavy (non-hydrogen) atoms. The molecule has 0 spiro atoms. The Hall–Kier alpha value is -1.77. The standard InChI is InChI=1S/C13H13IN2O4/c1-3-19-13(17)10-11(15)20-12(16-10)7-4-5-8(14)9(6-7)18-2/h4-6H,3,15H2,1-2H3. The average Bonchev–Trinajstić information content (AvgIpc) is 2.82. The molecule has 0 saturated carbocycles. The number of benzene rings is 1. The number of anilines is 1. The van der Waals surface area contributed by atoms with Crippen LogP contribution in [-0.4, -0.2) is 24.7 Å². The van der Waals surface area contributed by atoms with E-state index in [1.165, 1.54) is 0 Å². The fourth-order valence-corrected chi connectivity index (χ4v) is 2.15. The lowest BCUT2D eigenvalue weighted by atomic mass is 10.2. The number of nitrogens with two attached hydrogens (primary N) is 1. The van der Waals surface area contributed by atoms with Crippen LogP contribution in [0.2, 0.25) is 0 Å². The predicted octanol–water partition coefficient (Wildman–Crippen LogP) is 2.71. The van der Waals surface area contributed by atoms with Gasteiger partial charge in [-0.1, -0.05) is 0 Å². The molecule has 0 aliphatic carbocycles. The maximum absolute atomic E-state index is 11.6. The Kier molecular flexibility index (Phi) is 4.48. The molecule has 0 saturated heterocycles. The number of nitrogen functional groups attached to an aromatic ring is 1. The van der Waals surface area contributed by atoms with E-state index in [9.17, 15) is 4.79 Å². The highest BCUT2D eigenvalue weighted by Crippen LogP contribution is 2.29. The zero-order chi connectivity index (χ0) is 14.7. The topological polar surface area (TPSA) is 87.6 Å². The monoisotopic (exact) mass is 388 g/mol. The first-order chi connectivity index (χ1) is 9.56. The van der Waals surface area contributed by atoms with Crippen LogP contribution in [0.25, 0.3) is 11.5 Å². The molecular weight excluding hydrogens is 375 g/mol. The number of rotatable bonds is 4. The molecule has 1 aromatic carbocycles. The van der Waals surface area contributed by atoms with Crippen molar-refractivity contribution in [1.29, 1.82) is 0 Å². The first kappa shape index (κ1) is 14.6. The Bertz CT molecular complexity index is 639. The highest BCUT2D eigenvalue weighted by molar-refractivity contribution is 14.1. The number of carbonyl (C=O) groups is 1. The molecule has 2 rings (SSSR count). The average molecular weight is 388 g/mol. The molecule has 7 heteroatoms. The molecule has 1 heterocycles. The fraction of sp³-hybridized carbons (Fsp3) is 0.231. The maximum atomic E-state index is 11.6. The van der Waals surface area contributed by atoms with E-state index in [0.717, 1.165) is 3.57 Å². The largest absolute Gasteiger partial charge is 0.496 e. The highest BCUT2D eigenvalue weighted by atomic mass is 127. The molecule has 0 aliphatic heterocycles. The van der Waals surface area contributed by atoms with E-state index in [0.29, 0.717) is 11.3 Å². The SMILES string of the molecule is CCOC(=O)c1nc(-c2ccc(I)c(OC)c2)oc1N. The molecule has 0 bridgehead atoms. The second-order valence-electron chi connectivity index (χ2n) is 3.80. The minimum absolute atomic E-state index is 0.0145. The van der Waals surface area contributed by atoms with Crippen molar-refractivity contribution in [3.63, 3.8) is 0 Å². The van der Waals surface area contributed by atoms with Crippen molar-refractivity contribution in [3.8, 4) is 17.2 Å². The van der Waals surface area contributed by atoms with Gasteiger partial charge in [0.2, 0.25) is 17.5 Å². The molecule has 0 aliphatic rings. The molecule has 0 atom stereocenters. The van der Waals surface area contributed by atoms with Crippen molar-refractivity contribution in [1.82, 2.24) is 4.98 Å². The summed E-state index contributed by atoms with van der Waals surface area (Å²) < 4.78 is 16.4. The van der Waals surface area contributed by atoms with Gasteiger partial charge < -0.3 is 19.6 Å². The minimum Gasteiger partial charge on any atom is -0.496 e. The van der Waals surface area contributed by atoms with Crippen LogP contribution >= 0.6 is 22.6 Å². The quantitative estimate of drug-likeness (QED) is 0.640. The van der Waals surface area contributed by atoms with Crippen molar-refractivity contribution in [3.05, 3.63) is 27.5 Å². The van der Waals surface area contributed by atoms with Crippen LogP contribution in [0.5, 0.6) is 5.75 Å². The Labute approximate surface area is 129 Å². The van der Waals surface area contributed by atoms with E-state index in [4.69, 9.17) is 19.6 Å². The summed E-state index contributed by atoms with van der Waals surface area (Å²) in [5.74, 6) is 0.284. The number of ether oxygens (including phenoxy) is 2. The second-order valence-corrected chi connectivity index (χ2v) is 4.96. The van der Waals surface area contributed by atoms with Gasteiger partial charge in [-0.3, -0.25) is 0 Å². The highest BCUT2D eigenvalue weighted by Gasteiger charge is 2.20.